The number of unbranched alkanes of at least 4 members (excludes halogenated alkanes) is 9. The summed E-state index contributed by atoms with van der Waals surface area (Å²) < 4.78 is 0. The third-order valence-electron chi connectivity index (χ3n) is 4.28. The standard InChI is InChI=1S/C17H36N2/c1-3-4-5-6-7-8-9-10-11-12-14-19-15-13-18-17(2)16-19/h17-18H,3-16H2,1-2H3/t17-/m1/s1. The molecule has 114 valence electrons. The van der Waals surface area contributed by atoms with Crippen molar-refractivity contribution in [3.05, 3.63) is 0 Å². The van der Waals surface area contributed by atoms with Gasteiger partial charge in [-0.15, -0.1) is 0 Å². The Balaban J connectivity index is 1.78. The lowest BCUT2D eigenvalue weighted by molar-refractivity contribution is 0.203. The fraction of sp³-hybridized carbons (Fsp3) is 1.00. The summed E-state index contributed by atoms with van der Waals surface area (Å²) in [7, 11) is 0. The Morgan fingerprint density at radius 3 is 2.05 bits per heavy atom. The number of nitrogens with one attached hydrogen (secondary N) is 1. The van der Waals surface area contributed by atoms with E-state index in [1.54, 1.807) is 0 Å². The first-order valence-electron chi connectivity index (χ1n) is 8.78. The van der Waals surface area contributed by atoms with Crippen molar-refractivity contribution in [3.8, 4) is 0 Å². The molecule has 0 unspecified atom stereocenters. The van der Waals surface area contributed by atoms with Crippen LogP contribution in [0, 0.1) is 0 Å². The van der Waals surface area contributed by atoms with Gasteiger partial charge in [0.25, 0.3) is 0 Å². The fourth-order valence-electron chi connectivity index (χ4n) is 3.04. The van der Waals surface area contributed by atoms with E-state index in [2.05, 4.69) is 24.1 Å². The van der Waals surface area contributed by atoms with Crippen molar-refractivity contribution >= 4 is 0 Å². The molecule has 0 spiro atoms. The fourth-order valence-corrected chi connectivity index (χ4v) is 3.04. The molecule has 0 aromatic heterocycles. The second kappa shape index (κ2) is 11.7. The molecule has 0 radical (unpaired) electrons. The van der Waals surface area contributed by atoms with Crippen molar-refractivity contribution in [1.29, 1.82) is 0 Å². The number of piperazine rings is 1. The van der Waals surface area contributed by atoms with Gasteiger partial charge in [-0.25, -0.2) is 0 Å². The molecular formula is C17H36N2. The quantitative estimate of drug-likeness (QED) is 0.565. The molecule has 1 heterocycles. The second-order valence-corrected chi connectivity index (χ2v) is 6.34. The lowest BCUT2D eigenvalue weighted by atomic mass is 10.1. The van der Waals surface area contributed by atoms with Crippen LogP contribution in [-0.4, -0.2) is 37.1 Å². The van der Waals surface area contributed by atoms with Gasteiger partial charge in [-0.1, -0.05) is 64.7 Å². The van der Waals surface area contributed by atoms with Crippen LogP contribution in [0.4, 0.5) is 0 Å². The lowest BCUT2D eigenvalue weighted by Gasteiger charge is -2.31. The van der Waals surface area contributed by atoms with Crippen molar-refractivity contribution in [2.75, 3.05) is 26.2 Å². The highest BCUT2D eigenvalue weighted by Crippen LogP contribution is 2.11. The van der Waals surface area contributed by atoms with Gasteiger partial charge >= 0.3 is 0 Å². The van der Waals surface area contributed by atoms with Crippen LogP contribution in [0.15, 0.2) is 0 Å². The average Bonchev–Trinajstić information content (AvgIpc) is 2.41. The zero-order chi connectivity index (χ0) is 13.8. The van der Waals surface area contributed by atoms with Gasteiger partial charge in [0, 0.05) is 25.7 Å². The van der Waals surface area contributed by atoms with E-state index in [0.717, 1.165) is 0 Å². The van der Waals surface area contributed by atoms with Crippen LogP contribution in [0.1, 0.15) is 78.1 Å². The van der Waals surface area contributed by atoms with E-state index < -0.39 is 0 Å². The van der Waals surface area contributed by atoms with Crippen LogP contribution in [0.5, 0.6) is 0 Å². The van der Waals surface area contributed by atoms with Gasteiger partial charge in [0.1, 0.15) is 0 Å². The summed E-state index contributed by atoms with van der Waals surface area (Å²) in [6, 6.07) is 0.692. The van der Waals surface area contributed by atoms with Crippen molar-refractivity contribution in [1.82, 2.24) is 10.2 Å². The minimum Gasteiger partial charge on any atom is -0.312 e. The summed E-state index contributed by atoms with van der Waals surface area (Å²) in [5.74, 6) is 0. The average molecular weight is 268 g/mol. The highest BCUT2D eigenvalue weighted by atomic mass is 15.2. The minimum absolute atomic E-state index is 0.692. The van der Waals surface area contributed by atoms with Crippen molar-refractivity contribution < 1.29 is 0 Å². The zero-order valence-corrected chi connectivity index (χ0v) is 13.4. The molecule has 2 nitrogen and oxygen atoms in total. The summed E-state index contributed by atoms with van der Waals surface area (Å²) in [4.78, 5) is 2.63. The molecule has 19 heavy (non-hydrogen) atoms. The molecule has 1 saturated heterocycles. The molecule has 1 rings (SSSR count). The molecule has 1 aliphatic heterocycles. The van der Waals surface area contributed by atoms with Gasteiger partial charge in [-0.05, 0) is 19.9 Å². The summed E-state index contributed by atoms with van der Waals surface area (Å²) in [5.41, 5.74) is 0. The van der Waals surface area contributed by atoms with E-state index in [1.807, 2.05) is 0 Å². The van der Waals surface area contributed by atoms with Gasteiger partial charge < -0.3 is 10.2 Å². The first kappa shape index (κ1) is 17.0. The third-order valence-corrected chi connectivity index (χ3v) is 4.28. The minimum atomic E-state index is 0.692. The van der Waals surface area contributed by atoms with E-state index in [0.29, 0.717) is 6.04 Å². The Morgan fingerprint density at radius 1 is 0.895 bits per heavy atom. The summed E-state index contributed by atoms with van der Waals surface area (Å²) in [6.45, 7) is 9.59. The van der Waals surface area contributed by atoms with Crippen LogP contribution in [-0.2, 0) is 0 Å². The van der Waals surface area contributed by atoms with Gasteiger partial charge in [-0.3, -0.25) is 0 Å². The van der Waals surface area contributed by atoms with Crippen molar-refractivity contribution in [3.63, 3.8) is 0 Å². The van der Waals surface area contributed by atoms with E-state index in [1.165, 1.54) is 90.4 Å². The molecule has 0 aromatic rings. The first-order chi connectivity index (χ1) is 9.33. The smallest absolute Gasteiger partial charge is 0.0167 e. The Hall–Kier alpha value is -0.0800. The van der Waals surface area contributed by atoms with Crippen LogP contribution in [0.3, 0.4) is 0 Å². The SMILES string of the molecule is CCCCCCCCCCCCN1CCN[C@H](C)C1. The first-order valence-corrected chi connectivity index (χ1v) is 8.78. The maximum absolute atomic E-state index is 3.51. The normalized spacial score (nSPS) is 20.8. The van der Waals surface area contributed by atoms with Gasteiger partial charge in [0.15, 0.2) is 0 Å². The highest BCUT2D eigenvalue weighted by molar-refractivity contribution is 4.74. The van der Waals surface area contributed by atoms with Crippen LogP contribution >= 0.6 is 0 Å². The molecule has 1 N–H and O–H groups in total. The Bertz CT molecular complexity index is 194. The summed E-state index contributed by atoms with van der Waals surface area (Å²) in [6.07, 6.45) is 14.4. The topological polar surface area (TPSA) is 15.3 Å². The third kappa shape index (κ3) is 9.45. The molecule has 0 bridgehead atoms. The van der Waals surface area contributed by atoms with Crippen LogP contribution < -0.4 is 5.32 Å². The van der Waals surface area contributed by atoms with Gasteiger partial charge in [0.05, 0.1) is 0 Å². The van der Waals surface area contributed by atoms with Gasteiger partial charge in [-0.2, -0.15) is 0 Å². The Kier molecular flexibility index (Phi) is 10.5. The van der Waals surface area contributed by atoms with E-state index >= 15 is 0 Å². The molecule has 1 aliphatic rings. The number of hydrogen-bond acceptors (Lipinski definition) is 2. The number of rotatable bonds is 11. The molecule has 0 saturated carbocycles. The van der Waals surface area contributed by atoms with Crippen molar-refractivity contribution in [2.24, 2.45) is 0 Å². The molecule has 0 aliphatic carbocycles. The molecular weight excluding hydrogens is 232 g/mol. The molecule has 0 amide bonds. The predicted octanol–water partition coefficient (Wildman–Crippen LogP) is 4.20. The highest BCUT2D eigenvalue weighted by Gasteiger charge is 2.14. The lowest BCUT2D eigenvalue weighted by Crippen LogP contribution is -2.49. The maximum atomic E-state index is 3.51. The second-order valence-electron chi connectivity index (χ2n) is 6.34. The van der Waals surface area contributed by atoms with E-state index in [4.69, 9.17) is 0 Å². The molecule has 1 fully saturated rings. The largest absolute Gasteiger partial charge is 0.312 e. The van der Waals surface area contributed by atoms with Crippen LogP contribution in [0.2, 0.25) is 0 Å². The van der Waals surface area contributed by atoms with Crippen LogP contribution in [0.25, 0.3) is 0 Å². The maximum Gasteiger partial charge on any atom is 0.0167 e. The summed E-state index contributed by atoms with van der Waals surface area (Å²) >= 11 is 0. The summed E-state index contributed by atoms with van der Waals surface area (Å²) in [5, 5.41) is 3.51. The number of nitrogens with zero attached hydrogens (tertiary/aromatic N) is 1. The number of hydrogen-bond donors (Lipinski definition) is 1. The monoisotopic (exact) mass is 268 g/mol. The Labute approximate surface area is 121 Å². The molecule has 1 atom stereocenters. The molecule has 2 heteroatoms. The van der Waals surface area contributed by atoms with Gasteiger partial charge in [0.2, 0.25) is 0 Å². The van der Waals surface area contributed by atoms with E-state index in [9.17, 15) is 0 Å². The zero-order valence-electron chi connectivity index (χ0n) is 13.4. The van der Waals surface area contributed by atoms with Crippen molar-refractivity contribution in [2.45, 2.75) is 84.1 Å². The molecule has 0 aromatic carbocycles. The van der Waals surface area contributed by atoms with E-state index in [-0.39, 0.29) is 0 Å². The predicted molar refractivity (Wildman–Crippen MR) is 85.7 cm³/mol. The Morgan fingerprint density at radius 2 is 1.47 bits per heavy atom.